The third kappa shape index (κ3) is 2.95. The van der Waals surface area contributed by atoms with E-state index in [0.717, 1.165) is 16.8 Å². The number of pyridine rings is 1. The molecule has 0 unspecified atom stereocenters. The van der Waals surface area contributed by atoms with Gasteiger partial charge in [0.15, 0.2) is 0 Å². The molecule has 0 N–H and O–H groups in total. The van der Waals surface area contributed by atoms with Crippen LogP contribution in [0.25, 0.3) is 11.3 Å². The van der Waals surface area contributed by atoms with E-state index in [1.54, 1.807) is 6.07 Å². The van der Waals surface area contributed by atoms with Crippen molar-refractivity contribution in [2.45, 2.75) is 13.5 Å². The Morgan fingerprint density at radius 3 is 2.38 bits per heavy atom. The Balaban J connectivity index is 2.10. The van der Waals surface area contributed by atoms with Gasteiger partial charge in [-0.25, -0.2) is 0 Å². The van der Waals surface area contributed by atoms with Crippen LogP contribution in [0.4, 0.5) is 0 Å². The molecule has 0 saturated heterocycles. The van der Waals surface area contributed by atoms with Gasteiger partial charge < -0.3 is 4.57 Å². The van der Waals surface area contributed by atoms with Crippen molar-refractivity contribution in [3.8, 4) is 11.3 Å². The molecule has 3 aromatic rings. The average molecular weight is 275 g/mol. The van der Waals surface area contributed by atoms with E-state index in [2.05, 4.69) is 19.1 Å². The van der Waals surface area contributed by atoms with E-state index >= 15 is 0 Å². The maximum absolute atomic E-state index is 12.3. The Hall–Kier alpha value is -2.61. The standard InChI is InChI=1S/C19H17NO/c1-15-7-5-10-17(13-15)18-11-6-12-19(21)20(18)14-16-8-3-2-4-9-16/h2-13H,14H2,1H3. The maximum Gasteiger partial charge on any atom is 0.251 e. The van der Waals surface area contributed by atoms with E-state index < -0.39 is 0 Å². The smallest absolute Gasteiger partial charge is 0.251 e. The quantitative estimate of drug-likeness (QED) is 0.711. The highest BCUT2D eigenvalue weighted by molar-refractivity contribution is 5.60. The van der Waals surface area contributed by atoms with Crippen LogP contribution in [0.2, 0.25) is 0 Å². The Morgan fingerprint density at radius 2 is 1.62 bits per heavy atom. The van der Waals surface area contributed by atoms with Gasteiger partial charge in [-0.2, -0.15) is 0 Å². The van der Waals surface area contributed by atoms with Gasteiger partial charge in [-0.05, 0) is 30.2 Å². The fraction of sp³-hybridized carbons (Fsp3) is 0.105. The van der Waals surface area contributed by atoms with Gasteiger partial charge in [0.05, 0.1) is 12.2 Å². The molecule has 2 nitrogen and oxygen atoms in total. The molecule has 0 fully saturated rings. The third-order valence-electron chi connectivity index (χ3n) is 3.55. The van der Waals surface area contributed by atoms with Crippen molar-refractivity contribution < 1.29 is 0 Å². The normalized spacial score (nSPS) is 10.5. The summed E-state index contributed by atoms with van der Waals surface area (Å²) in [5.74, 6) is 0. The lowest BCUT2D eigenvalue weighted by molar-refractivity contribution is 0.768. The second kappa shape index (κ2) is 5.80. The zero-order valence-electron chi connectivity index (χ0n) is 12.0. The predicted octanol–water partition coefficient (Wildman–Crippen LogP) is 3.87. The number of hydrogen-bond acceptors (Lipinski definition) is 1. The summed E-state index contributed by atoms with van der Waals surface area (Å²) in [4.78, 5) is 12.3. The van der Waals surface area contributed by atoms with Crippen molar-refractivity contribution in [1.29, 1.82) is 0 Å². The van der Waals surface area contributed by atoms with Crippen LogP contribution in [0.5, 0.6) is 0 Å². The largest absolute Gasteiger partial charge is 0.304 e. The van der Waals surface area contributed by atoms with E-state index in [-0.39, 0.29) is 5.56 Å². The summed E-state index contributed by atoms with van der Waals surface area (Å²) in [5, 5.41) is 0. The second-order valence-corrected chi connectivity index (χ2v) is 5.19. The predicted molar refractivity (Wildman–Crippen MR) is 86.4 cm³/mol. The molecule has 3 rings (SSSR count). The fourth-order valence-electron chi connectivity index (χ4n) is 2.51. The monoisotopic (exact) mass is 275 g/mol. The van der Waals surface area contributed by atoms with Crippen LogP contribution in [-0.4, -0.2) is 4.57 Å². The number of rotatable bonds is 3. The van der Waals surface area contributed by atoms with E-state index in [4.69, 9.17) is 0 Å². The summed E-state index contributed by atoms with van der Waals surface area (Å²) in [6.45, 7) is 2.65. The molecule has 0 aliphatic rings. The highest BCUT2D eigenvalue weighted by Crippen LogP contribution is 2.19. The molecule has 1 aromatic heterocycles. The maximum atomic E-state index is 12.3. The van der Waals surface area contributed by atoms with Gasteiger partial charge in [-0.3, -0.25) is 4.79 Å². The molecule has 1 heterocycles. The zero-order valence-corrected chi connectivity index (χ0v) is 12.0. The van der Waals surface area contributed by atoms with E-state index in [9.17, 15) is 4.79 Å². The van der Waals surface area contributed by atoms with E-state index in [0.29, 0.717) is 6.54 Å². The molecule has 0 atom stereocenters. The second-order valence-electron chi connectivity index (χ2n) is 5.19. The molecule has 21 heavy (non-hydrogen) atoms. The first kappa shape index (κ1) is 13.4. The molecule has 0 aliphatic carbocycles. The molecule has 0 aliphatic heterocycles. The van der Waals surface area contributed by atoms with Gasteiger partial charge in [0, 0.05) is 6.07 Å². The summed E-state index contributed by atoms with van der Waals surface area (Å²) >= 11 is 0. The van der Waals surface area contributed by atoms with Gasteiger partial charge >= 0.3 is 0 Å². The van der Waals surface area contributed by atoms with Gasteiger partial charge in [0.1, 0.15) is 0 Å². The van der Waals surface area contributed by atoms with E-state index in [1.165, 1.54) is 5.56 Å². The Labute approximate surface area is 124 Å². The van der Waals surface area contributed by atoms with Gasteiger partial charge in [0.2, 0.25) is 0 Å². The number of aromatic nitrogens is 1. The van der Waals surface area contributed by atoms with Crippen LogP contribution in [0.1, 0.15) is 11.1 Å². The van der Waals surface area contributed by atoms with E-state index in [1.807, 2.05) is 59.2 Å². The molecule has 0 saturated carbocycles. The molecule has 0 bridgehead atoms. The first-order chi connectivity index (χ1) is 10.2. The SMILES string of the molecule is Cc1cccc(-c2cccc(=O)n2Cc2ccccc2)c1. The Kier molecular flexibility index (Phi) is 3.69. The summed E-state index contributed by atoms with van der Waals surface area (Å²) in [5.41, 5.74) is 4.37. The molecule has 104 valence electrons. The Bertz CT molecular complexity index is 803. The van der Waals surface area contributed by atoms with Crippen LogP contribution in [0.15, 0.2) is 77.6 Å². The first-order valence-corrected chi connectivity index (χ1v) is 7.05. The minimum Gasteiger partial charge on any atom is -0.304 e. The minimum absolute atomic E-state index is 0.0258. The van der Waals surface area contributed by atoms with Crippen molar-refractivity contribution in [2.24, 2.45) is 0 Å². The van der Waals surface area contributed by atoms with Crippen molar-refractivity contribution in [1.82, 2.24) is 4.57 Å². The zero-order chi connectivity index (χ0) is 14.7. The van der Waals surface area contributed by atoms with Gasteiger partial charge in [0.25, 0.3) is 5.56 Å². The van der Waals surface area contributed by atoms with Gasteiger partial charge in [-0.1, -0.05) is 60.2 Å². The van der Waals surface area contributed by atoms with Crippen LogP contribution >= 0.6 is 0 Å². The molecule has 0 radical (unpaired) electrons. The highest BCUT2D eigenvalue weighted by Gasteiger charge is 2.06. The summed E-state index contributed by atoms with van der Waals surface area (Å²) in [7, 11) is 0. The Morgan fingerprint density at radius 1 is 0.857 bits per heavy atom. The summed E-state index contributed by atoms with van der Waals surface area (Å²) < 4.78 is 1.82. The van der Waals surface area contributed by atoms with Crippen molar-refractivity contribution >= 4 is 0 Å². The summed E-state index contributed by atoms with van der Waals surface area (Å²) in [6, 6.07) is 23.7. The number of nitrogens with zero attached hydrogens (tertiary/aromatic N) is 1. The van der Waals surface area contributed by atoms with Crippen molar-refractivity contribution in [2.75, 3.05) is 0 Å². The minimum atomic E-state index is 0.0258. The third-order valence-corrected chi connectivity index (χ3v) is 3.55. The fourth-order valence-corrected chi connectivity index (χ4v) is 2.51. The van der Waals surface area contributed by atoms with Crippen LogP contribution in [-0.2, 0) is 6.54 Å². The molecular formula is C19H17NO. The molecule has 2 heteroatoms. The van der Waals surface area contributed by atoms with Crippen LogP contribution in [0, 0.1) is 6.92 Å². The number of hydrogen-bond donors (Lipinski definition) is 0. The molecule has 0 amide bonds. The number of benzene rings is 2. The lowest BCUT2D eigenvalue weighted by Crippen LogP contribution is -2.21. The van der Waals surface area contributed by atoms with Crippen molar-refractivity contribution in [3.63, 3.8) is 0 Å². The number of aryl methyl sites for hydroxylation is 1. The highest BCUT2D eigenvalue weighted by atomic mass is 16.1. The average Bonchev–Trinajstić information content (AvgIpc) is 2.50. The molecular weight excluding hydrogens is 258 g/mol. The first-order valence-electron chi connectivity index (χ1n) is 7.05. The van der Waals surface area contributed by atoms with Crippen molar-refractivity contribution in [3.05, 3.63) is 94.3 Å². The van der Waals surface area contributed by atoms with Crippen LogP contribution < -0.4 is 5.56 Å². The molecule has 2 aromatic carbocycles. The summed E-state index contributed by atoms with van der Waals surface area (Å²) in [6.07, 6.45) is 0. The lowest BCUT2D eigenvalue weighted by atomic mass is 10.1. The van der Waals surface area contributed by atoms with Crippen LogP contribution in [0.3, 0.4) is 0 Å². The lowest BCUT2D eigenvalue weighted by Gasteiger charge is -2.13. The topological polar surface area (TPSA) is 22.0 Å². The van der Waals surface area contributed by atoms with Gasteiger partial charge in [-0.15, -0.1) is 0 Å². The molecule has 0 spiro atoms.